The Hall–Kier alpha value is -0.820. The third-order valence-electron chi connectivity index (χ3n) is 3.49. The first-order chi connectivity index (χ1) is 6.36. The number of hydrogen-bond acceptors (Lipinski definition) is 1. The van der Waals surface area contributed by atoms with Gasteiger partial charge in [-0.15, -0.1) is 0 Å². The summed E-state index contributed by atoms with van der Waals surface area (Å²) in [4.78, 5) is 0. The Bertz CT molecular complexity index is 311. The molecule has 0 bridgehead atoms. The van der Waals surface area contributed by atoms with E-state index in [0.29, 0.717) is 0 Å². The second-order valence-electron chi connectivity index (χ2n) is 4.32. The third kappa shape index (κ3) is 1.11. The molecule has 1 aromatic rings. The fourth-order valence-corrected chi connectivity index (χ4v) is 2.63. The van der Waals surface area contributed by atoms with Crippen LogP contribution in [0, 0.1) is 5.92 Å². The van der Waals surface area contributed by atoms with Crippen LogP contribution in [0.15, 0.2) is 24.3 Å². The van der Waals surface area contributed by atoms with Crippen molar-refractivity contribution in [1.29, 1.82) is 0 Å². The van der Waals surface area contributed by atoms with E-state index in [1.54, 1.807) is 0 Å². The molecule has 1 saturated carbocycles. The Morgan fingerprint density at radius 1 is 1.08 bits per heavy atom. The van der Waals surface area contributed by atoms with Gasteiger partial charge >= 0.3 is 0 Å². The lowest BCUT2D eigenvalue weighted by molar-refractivity contribution is 0.164. The van der Waals surface area contributed by atoms with Gasteiger partial charge < -0.3 is 5.11 Å². The quantitative estimate of drug-likeness (QED) is 0.641. The lowest BCUT2D eigenvalue weighted by Gasteiger charge is -2.11. The number of hydrogen-bond donors (Lipinski definition) is 1. The zero-order valence-electron chi connectivity index (χ0n) is 7.61. The molecule has 3 rings (SSSR count). The molecule has 1 aromatic carbocycles. The first-order valence-corrected chi connectivity index (χ1v) is 5.13. The predicted octanol–water partition coefficient (Wildman–Crippen LogP) is 2.62. The van der Waals surface area contributed by atoms with E-state index in [9.17, 15) is 5.11 Å². The topological polar surface area (TPSA) is 20.2 Å². The molecule has 2 aliphatic carbocycles. The summed E-state index contributed by atoms with van der Waals surface area (Å²) in [7, 11) is 0. The van der Waals surface area contributed by atoms with Gasteiger partial charge in [0.2, 0.25) is 0 Å². The summed E-state index contributed by atoms with van der Waals surface area (Å²) in [5, 5.41) is 9.88. The fourth-order valence-electron chi connectivity index (χ4n) is 2.63. The zero-order chi connectivity index (χ0) is 8.84. The Morgan fingerprint density at radius 2 is 1.85 bits per heavy atom. The maximum absolute atomic E-state index is 9.88. The predicted molar refractivity (Wildman–Crippen MR) is 51.5 cm³/mol. The van der Waals surface area contributed by atoms with Gasteiger partial charge in [-0.05, 0) is 42.2 Å². The molecular weight excluding hydrogens is 160 g/mol. The maximum atomic E-state index is 9.88. The molecule has 0 spiro atoms. The Balaban J connectivity index is 2.10. The summed E-state index contributed by atoms with van der Waals surface area (Å²) >= 11 is 0. The first kappa shape index (κ1) is 7.57. The first-order valence-electron chi connectivity index (χ1n) is 5.13. The number of aliphatic hydroxyl groups is 1. The second-order valence-corrected chi connectivity index (χ2v) is 4.32. The molecule has 0 radical (unpaired) electrons. The lowest BCUT2D eigenvalue weighted by atomic mass is 9.99. The van der Waals surface area contributed by atoms with Crippen LogP contribution >= 0.6 is 0 Å². The molecule has 0 heterocycles. The van der Waals surface area contributed by atoms with Gasteiger partial charge in [0.05, 0.1) is 6.10 Å². The van der Waals surface area contributed by atoms with Crippen LogP contribution in [0.25, 0.3) is 0 Å². The van der Waals surface area contributed by atoms with Crippen LogP contribution < -0.4 is 0 Å². The van der Waals surface area contributed by atoms with Crippen LogP contribution in [0.5, 0.6) is 0 Å². The molecule has 1 nitrogen and oxygen atoms in total. The van der Waals surface area contributed by atoms with Gasteiger partial charge in [-0.2, -0.15) is 0 Å². The van der Waals surface area contributed by atoms with Crippen LogP contribution in [-0.2, 0) is 0 Å². The van der Waals surface area contributed by atoms with Crippen LogP contribution in [0.2, 0.25) is 0 Å². The van der Waals surface area contributed by atoms with Crippen molar-refractivity contribution >= 4 is 0 Å². The van der Waals surface area contributed by atoms with Crippen molar-refractivity contribution in [2.75, 3.05) is 0 Å². The monoisotopic (exact) mass is 174 g/mol. The highest BCUT2D eigenvalue weighted by atomic mass is 16.3. The van der Waals surface area contributed by atoms with E-state index in [1.807, 2.05) is 6.07 Å². The zero-order valence-corrected chi connectivity index (χ0v) is 7.61. The molecule has 0 aromatic heterocycles. The highest BCUT2D eigenvalue weighted by molar-refractivity contribution is 5.37. The average Bonchev–Trinajstić information content (AvgIpc) is 2.92. The molecule has 0 unspecified atom stereocenters. The van der Waals surface area contributed by atoms with Crippen LogP contribution in [0.4, 0.5) is 0 Å². The molecule has 1 heteroatoms. The maximum Gasteiger partial charge on any atom is 0.0792 e. The van der Waals surface area contributed by atoms with Gasteiger partial charge in [0, 0.05) is 0 Å². The summed E-state index contributed by atoms with van der Waals surface area (Å²) in [6, 6.07) is 8.40. The van der Waals surface area contributed by atoms with E-state index in [1.165, 1.54) is 24.0 Å². The van der Waals surface area contributed by atoms with Crippen LogP contribution in [-0.4, -0.2) is 5.11 Å². The summed E-state index contributed by atoms with van der Waals surface area (Å²) in [5.74, 6) is 1.65. The van der Waals surface area contributed by atoms with Gasteiger partial charge in [-0.3, -0.25) is 0 Å². The number of aliphatic hydroxyl groups excluding tert-OH is 1. The number of rotatable bonds is 0. The highest BCUT2D eigenvalue weighted by Crippen LogP contribution is 2.54. The van der Waals surface area contributed by atoms with Crippen molar-refractivity contribution < 1.29 is 5.11 Å². The highest BCUT2D eigenvalue weighted by Gasteiger charge is 2.41. The molecule has 0 amide bonds. The standard InChI is InChI=1S/C12H14O/c13-12-6-5-8-7-11(8)9-3-1-2-4-10(9)12/h1-4,8,11-13H,5-7H2/t8-,11-,12+/m1/s1. The number of fused-ring (bicyclic) bond motifs is 3. The Kier molecular flexibility index (Phi) is 1.50. The van der Waals surface area contributed by atoms with Gasteiger partial charge in [0.25, 0.3) is 0 Å². The Morgan fingerprint density at radius 3 is 2.69 bits per heavy atom. The number of benzene rings is 1. The van der Waals surface area contributed by atoms with E-state index in [0.717, 1.165) is 18.3 Å². The molecule has 13 heavy (non-hydrogen) atoms. The molecule has 0 aliphatic heterocycles. The minimum absolute atomic E-state index is 0.205. The van der Waals surface area contributed by atoms with Gasteiger partial charge in [0.1, 0.15) is 0 Å². The van der Waals surface area contributed by atoms with Gasteiger partial charge in [0.15, 0.2) is 0 Å². The van der Waals surface area contributed by atoms with Gasteiger partial charge in [-0.1, -0.05) is 24.3 Å². The Labute approximate surface area is 78.4 Å². The lowest BCUT2D eigenvalue weighted by Crippen LogP contribution is -1.98. The summed E-state index contributed by atoms with van der Waals surface area (Å²) in [6.07, 6.45) is 3.31. The van der Waals surface area contributed by atoms with Crippen molar-refractivity contribution in [2.24, 2.45) is 5.92 Å². The van der Waals surface area contributed by atoms with Crippen LogP contribution in [0.1, 0.15) is 42.4 Å². The van der Waals surface area contributed by atoms with Crippen molar-refractivity contribution in [2.45, 2.75) is 31.3 Å². The average molecular weight is 174 g/mol. The third-order valence-corrected chi connectivity index (χ3v) is 3.49. The molecule has 68 valence electrons. The molecule has 1 fully saturated rings. The van der Waals surface area contributed by atoms with Crippen molar-refractivity contribution in [1.82, 2.24) is 0 Å². The van der Waals surface area contributed by atoms with E-state index in [4.69, 9.17) is 0 Å². The van der Waals surface area contributed by atoms with Crippen molar-refractivity contribution in [3.63, 3.8) is 0 Å². The molecular formula is C12H14O. The van der Waals surface area contributed by atoms with Crippen molar-refractivity contribution in [3.05, 3.63) is 35.4 Å². The SMILES string of the molecule is O[C@H]1CC[C@@H]2C[C@H]2c2ccccc21. The minimum atomic E-state index is -0.205. The normalized spacial score (nSPS) is 35.9. The van der Waals surface area contributed by atoms with Crippen LogP contribution in [0.3, 0.4) is 0 Å². The molecule has 3 atom stereocenters. The summed E-state index contributed by atoms with van der Waals surface area (Å²) in [6.45, 7) is 0. The summed E-state index contributed by atoms with van der Waals surface area (Å²) < 4.78 is 0. The van der Waals surface area contributed by atoms with Gasteiger partial charge in [-0.25, -0.2) is 0 Å². The molecule has 2 aliphatic rings. The smallest absolute Gasteiger partial charge is 0.0792 e. The second kappa shape index (κ2) is 2.58. The fraction of sp³-hybridized carbons (Fsp3) is 0.500. The molecule has 1 N–H and O–H groups in total. The van der Waals surface area contributed by atoms with Crippen molar-refractivity contribution in [3.8, 4) is 0 Å². The van der Waals surface area contributed by atoms with E-state index >= 15 is 0 Å². The minimum Gasteiger partial charge on any atom is -0.388 e. The summed E-state index contributed by atoms with van der Waals surface area (Å²) in [5.41, 5.74) is 2.60. The van der Waals surface area contributed by atoms with E-state index in [-0.39, 0.29) is 6.10 Å². The molecule has 0 saturated heterocycles. The largest absolute Gasteiger partial charge is 0.388 e. The van der Waals surface area contributed by atoms with E-state index < -0.39 is 0 Å². The van der Waals surface area contributed by atoms with E-state index in [2.05, 4.69) is 18.2 Å².